The summed E-state index contributed by atoms with van der Waals surface area (Å²) in [5, 5.41) is 2.94. The molecule has 1 amide bonds. The summed E-state index contributed by atoms with van der Waals surface area (Å²) in [6.45, 7) is 4.81. The Morgan fingerprint density at radius 1 is 1.64 bits per heavy atom. The predicted octanol–water partition coefficient (Wildman–Crippen LogP) is -0.157. The highest BCUT2D eigenvalue weighted by molar-refractivity contribution is 5.84. The molecule has 0 bridgehead atoms. The molecular formula is C9H14N2O3. The minimum absolute atomic E-state index is 0.0782. The van der Waals surface area contributed by atoms with E-state index in [0.717, 1.165) is 0 Å². The van der Waals surface area contributed by atoms with Crippen molar-refractivity contribution in [3.8, 4) is 0 Å². The molecule has 1 heterocycles. The molecule has 0 aromatic rings. The first-order chi connectivity index (χ1) is 6.65. The maximum atomic E-state index is 11.1. The molecule has 5 nitrogen and oxygen atoms in total. The van der Waals surface area contributed by atoms with E-state index in [9.17, 15) is 9.59 Å². The maximum Gasteiger partial charge on any atom is 0.334 e. The number of amides is 1. The SMILES string of the molecule is CCOC(=O)/C=C1\NCCN1C(C)=O. The van der Waals surface area contributed by atoms with Gasteiger partial charge in [-0.3, -0.25) is 9.69 Å². The van der Waals surface area contributed by atoms with Gasteiger partial charge in [0, 0.05) is 20.0 Å². The van der Waals surface area contributed by atoms with Gasteiger partial charge >= 0.3 is 5.97 Å². The lowest BCUT2D eigenvalue weighted by atomic mass is 10.5. The number of esters is 1. The number of hydrogen-bond acceptors (Lipinski definition) is 4. The first-order valence-electron chi connectivity index (χ1n) is 4.55. The predicted molar refractivity (Wildman–Crippen MR) is 50.1 cm³/mol. The summed E-state index contributed by atoms with van der Waals surface area (Å²) >= 11 is 0. The summed E-state index contributed by atoms with van der Waals surface area (Å²) in [6.07, 6.45) is 1.30. The third-order valence-corrected chi connectivity index (χ3v) is 1.85. The molecule has 1 N–H and O–H groups in total. The molecule has 1 saturated heterocycles. The van der Waals surface area contributed by atoms with Crippen LogP contribution in [0.2, 0.25) is 0 Å². The first-order valence-corrected chi connectivity index (χ1v) is 4.55. The van der Waals surface area contributed by atoms with Gasteiger partial charge in [0.05, 0.1) is 12.7 Å². The monoisotopic (exact) mass is 198 g/mol. The summed E-state index contributed by atoms with van der Waals surface area (Å²) in [5.74, 6) is 0.0182. The minimum Gasteiger partial charge on any atom is -0.463 e. The van der Waals surface area contributed by atoms with E-state index in [1.807, 2.05) is 0 Å². The number of nitrogens with zero attached hydrogens (tertiary/aromatic N) is 1. The molecule has 1 aliphatic rings. The van der Waals surface area contributed by atoms with Gasteiger partial charge in [0.25, 0.3) is 0 Å². The summed E-state index contributed by atoms with van der Waals surface area (Å²) in [7, 11) is 0. The molecule has 1 rings (SSSR count). The standard InChI is InChI=1S/C9H14N2O3/c1-3-14-9(13)6-8-10-4-5-11(8)7(2)12/h6,10H,3-5H2,1-2H3/b8-6+. The summed E-state index contributed by atoms with van der Waals surface area (Å²) in [5.41, 5.74) is 0. The number of hydrogen-bond donors (Lipinski definition) is 1. The number of nitrogens with one attached hydrogen (secondary N) is 1. The molecule has 1 aliphatic heterocycles. The van der Waals surface area contributed by atoms with Gasteiger partial charge in [-0.05, 0) is 6.92 Å². The van der Waals surface area contributed by atoms with Crippen molar-refractivity contribution in [2.75, 3.05) is 19.7 Å². The quantitative estimate of drug-likeness (QED) is 0.495. The van der Waals surface area contributed by atoms with Crippen LogP contribution in [0, 0.1) is 0 Å². The zero-order valence-corrected chi connectivity index (χ0v) is 8.37. The lowest BCUT2D eigenvalue weighted by Gasteiger charge is -2.13. The Kier molecular flexibility index (Phi) is 3.50. The van der Waals surface area contributed by atoms with E-state index in [-0.39, 0.29) is 5.91 Å². The Morgan fingerprint density at radius 3 is 2.93 bits per heavy atom. The van der Waals surface area contributed by atoms with Gasteiger partial charge in [-0.25, -0.2) is 4.79 Å². The van der Waals surface area contributed by atoms with Crippen LogP contribution < -0.4 is 5.32 Å². The molecule has 0 atom stereocenters. The molecule has 14 heavy (non-hydrogen) atoms. The zero-order valence-electron chi connectivity index (χ0n) is 8.37. The third-order valence-electron chi connectivity index (χ3n) is 1.85. The first kappa shape index (κ1) is 10.6. The number of carbonyl (C=O) groups excluding carboxylic acids is 2. The van der Waals surface area contributed by atoms with E-state index in [1.165, 1.54) is 17.9 Å². The van der Waals surface area contributed by atoms with Crippen molar-refractivity contribution < 1.29 is 14.3 Å². The second-order valence-corrected chi connectivity index (χ2v) is 2.88. The lowest BCUT2D eigenvalue weighted by Crippen LogP contribution is -2.26. The van der Waals surface area contributed by atoms with Crippen LogP contribution in [0.25, 0.3) is 0 Å². The van der Waals surface area contributed by atoms with Crippen LogP contribution in [0.15, 0.2) is 11.9 Å². The minimum atomic E-state index is -0.428. The Balaban J connectivity index is 2.66. The molecule has 78 valence electrons. The molecule has 0 aliphatic carbocycles. The van der Waals surface area contributed by atoms with E-state index in [0.29, 0.717) is 25.5 Å². The average molecular weight is 198 g/mol. The molecule has 0 aromatic carbocycles. The average Bonchev–Trinajstić information content (AvgIpc) is 2.52. The van der Waals surface area contributed by atoms with Gasteiger partial charge in [-0.15, -0.1) is 0 Å². The summed E-state index contributed by atoms with van der Waals surface area (Å²) in [4.78, 5) is 23.7. The second kappa shape index (κ2) is 4.64. The lowest BCUT2D eigenvalue weighted by molar-refractivity contribution is -0.137. The van der Waals surface area contributed by atoms with Gasteiger partial charge < -0.3 is 10.1 Å². The van der Waals surface area contributed by atoms with Crippen LogP contribution >= 0.6 is 0 Å². The Labute approximate surface area is 82.7 Å². The van der Waals surface area contributed by atoms with Gasteiger partial charge in [0.2, 0.25) is 5.91 Å². The van der Waals surface area contributed by atoms with Gasteiger partial charge in [-0.1, -0.05) is 0 Å². The molecule has 0 saturated carbocycles. The van der Waals surface area contributed by atoms with E-state index < -0.39 is 5.97 Å². The maximum absolute atomic E-state index is 11.1. The smallest absolute Gasteiger partial charge is 0.334 e. The van der Waals surface area contributed by atoms with Crippen LogP contribution in [0.5, 0.6) is 0 Å². The molecule has 0 unspecified atom stereocenters. The van der Waals surface area contributed by atoms with E-state index in [1.54, 1.807) is 6.92 Å². The van der Waals surface area contributed by atoms with E-state index >= 15 is 0 Å². The van der Waals surface area contributed by atoms with Crippen molar-refractivity contribution in [3.05, 3.63) is 11.9 Å². The van der Waals surface area contributed by atoms with Crippen molar-refractivity contribution in [3.63, 3.8) is 0 Å². The number of carbonyl (C=O) groups is 2. The van der Waals surface area contributed by atoms with Crippen molar-refractivity contribution >= 4 is 11.9 Å². The molecular weight excluding hydrogens is 184 g/mol. The van der Waals surface area contributed by atoms with Crippen LogP contribution in [0.4, 0.5) is 0 Å². The van der Waals surface area contributed by atoms with Crippen molar-refractivity contribution in [1.29, 1.82) is 0 Å². The largest absolute Gasteiger partial charge is 0.463 e. The van der Waals surface area contributed by atoms with Crippen molar-refractivity contribution in [2.24, 2.45) is 0 Å². The fraction of sp³-hybridized carbons (Fsp3) is 0.556. The second-order valence-electron chi connectivity index (χ2n) is 2.88. The van der Waals surface area contributed by atoms with Crippen molar-refractivity contribution in [1.82, 2.24) is 10.2 Å². The number of rotatable bonds is 2. The molecule has 5 heteroatoms. The van der Waals surface area contributed by atoms with Gasteiger partial charge in [-0.2, -0.15) is 0 Å². The summed E-state index contributed by atoms with van der Waals surface area (Å²) in [6, 6.07) is 0. The van der Waals surface area contributed by atoms with Gasteiger partial charge in [0.1, 0.15) is 5.82 Å². The van der Waals surface area contributed by atoms with Crippen molar-refractivity contribution in [2.45, 2.75) is 13.8 Å². The topological polar surface area (TPSA) is 58.6 Å². The molecule has 0 aromatic heterocycles. The molecule has 1 fully saturated rings. The van der Waals surface area contributed by atoms with Gasteiger partial charge in [0.15, 0.2) is 0 Å². The highest BCUT2D eigenvalue weighted by Crippen LogP contribution is 2.07. The van der Waals surface area contributed by atoms with E-state index in [2.05, 4.69) is 5.32 Å². The fourth-order valence-corrected chi connectivity index (χ4v) is 1.26. The third kappa shape index (κ3) is 2.48. The van der Waals surface area contributed by atoms with Crippen LogP contribution in [0.1, 0.15) is 13.8 Å². The highest BCUT2D eigenvalue weighted by atomic mass is 16.5. The Morgan fingerprint density at radius 2 is 2.36 bits per heavy atom. The Bertz CT molecular complexity index is 273. The van der Waals surface area contributed by atoms with Crippen LogP contribution in [-0.4, -0.2) is 36.5 Å². The molecule has 0 radical (unpaired) electrons. The normalized spacial score (nSPS) is 18.1. The Hall–Kier alpha value is -1.52. The fourth-order valence-electron chi connectivity index (χ4n) is 1.26. The number of ether oxygens (including phenoxy) is 1. The van der Waals surface area contributed by atoms with E-state index in [4.69, 9.17) is 4.74 Å². The van der Waals surface area contributed by atoms with Crippen LogP contribution in [0.3, 0.4) is 0 Å². The van der Waals surface area contributed by atoms with Crippen LogP contribution in [-0.2, 0) is 14.3 Å². The molecule has 0 spiro atoms. The highest BCUT2D eigenvalue weighted by Gasteiger charge is 2.20. The zero-order chi connectivity index (χ0) is 10.6. The summed E-state index contributed by atoms with van der Waals surface area (Å²) < 4.78 is 4.74.